The number of benzene rings is 3. The normalized spacial score (nSPS) is 12.1. The van der Waals surface area contributed by atoms with Crippen molar-refractivity contribution in [1.82, 2.24) is 10.3 Å². The molecular formula is C24H20F2N2O2. The smallest absolute Gasteiger partial charge is 0.220 e. The number of amides is 1. The molecule has 0 aliphatic rings. The Morgan fingerprint density at radius 2 is 1.77 bits per heavy atom. The number of nitrogens with zero attached hydrogens (tertiary/aromatic N) is 1. The van der Waals surface area contributed by atoms with E-state index in [2.05, 4.69) is 16.4 Å². The van der Waals surface area contributed by atoms with Crippen molar-refractivity contribution in [3.63, 3.8) is 0 Å². The third kappa shape index (κ3) is 4.22. The molecule has 0 unspecified atom stereocenters. The van der Waals surface area contributed by atoms with Crippen LogP contribution in [0.2, 0.25) is 0 Å². The van der Waals surface area contributed by atoms with Crippen molar-refractivity contribution in [2.24, 2.45) is 0 Å². The maximum atomic E-state index is 13.9. The highest BCUT2D eigenvalue weighted by Gasteiger charge is 2.17. The standard InChI is InChI=1S/C24H20F2N2O2/c1-15(17-10-9-16-5-2-3-6-18(16)13-17)28-22(29)11-12-23-27-14-21(30-23)24-19(25)7-4-8-20(24)26/h2-10,13-15H,11-12H2,1H3,(H,28,29)/t15-/m1/s1. The van der Waals surface area contributed by atoms with Crippen LogP contribution in [0, 0.1) is 11.6 Å². The predicted octanol–water partition coefficient (Wildman–Crippen LogP) is 5.58. The minimum absolute atomic E-state index is 0.00513. The summed E-state index contributed by atoms with van der Waals surface area (Å²) in [5.41, 5.74) is 0.751. The molecule has 0 saturated carbocycles. The van der Waals surface area contributed by atoms with Gasteiger partial charge in [-0.2, -0.15) is 0 Å². The van der Waals surface area contributed by atoms with E-state index in [0.29, 0.717) is 0 Å². The molecule has 0 saturated heterocycles. The van der Waals surface area contributed by atoms with Crippen molar-refractivity contribution < 1.29 is 18.0 Å². The van der Waals surface area contributed by atoms with Gasteiger partial charge in [-0.05, 0) is 41.5 Å². The number of carbonyl (C=O) groups excluding carboxylic acids is 1. The van der Waals surface area contributed by atoms with Gasteiger partial charge in [0.15, 0.2) is 11.7 Å². The minimum atomic E-state index is -0.723. The quantitative estimate of drug-likeness (QED) is 0.455. The number of rotatable bonds is 6. The Bertz CT molecular complexity index is 1180. The van der Waals surface area contributed by atoms with Gasteiger partial charge in [0.1, 0.15) is 11.6 Å². The van der Waals surface area contributed by atoms with Crippen LogP contribution in [0.15, 0.2) is 71.3 Å². The topological polar surface area (TPSA) is 55.1 Å². The first kappa shape index (κ1) is 19.8. The van der Waals surface area contributed by atoms with Crippen molar-refractivity contribution in [3.8, 4) is 11.3 Å². The van der Waals surface area contributed by atoms with Crippen molar-refractivity contribution in [2.75, 3.05) is 0 Å². The highest BCUT2D eigenvalue weighted by molar-refractivity contribution is 5.83. The number of fused-ring (bicyclic) bond motifs is 1. The number of nitrogens with one attached hydrogen (secondary N) is 1. The van der Waals surface area contributed by atoms with Gasteiger partial charge in [0.05, 0.1) is 17.8 Å². The number of hydrogen-bond acceptors (Lipinski definition) is 3. The van der Waals surface area contributed by atoms with Crippen LogP contribution in [0.25, 0.3) is 22.1 Å². The second kappa shape index (κ2) is 8.45. The zero-order valence-electron chi connectivity index (χ0n) is 16.4. The first-order chi connectivity index (χ1) is 14.5. The van der Waals surface area contributed by atoms with Crippen LogP contribution in [0.3, 0.4) is 0 Å². The molecule has 1 amide bonds. The van der Waals surface area contributed by atoms with Gasteiger partial charge in [0.2, 0.25) is 5.91 Å². The van der Waals surface area contributed by atoms with Crippen LogP contribution in [0.5, 0.6) is 0 Å². The first-order valence-corrected chi connectivity index (χ1v) is 9.68. The average molecular weight is 406 g/mol. The van der Waals surface area contributed by atoms with Crippen molar-refractivity contribution in [1.29, 1.82) is 0 Å². The average Bonchev–Trinajstić information content (AvgIpc) is 3.20. The van der Waals surface area contributed by atoms with E-state index in [1.54, 1.807) is 0 Å². The van der Waals surface area contributed by atoms with Crippen molar-refractivity contribution >= 4 is 16.7 Å². The number of aryl methyl sites for hydroxylation is 1. The number of aromatic nitrogens is 1. The lowest BCUT2D eigenvalue weighted by atomic mass is 10.0. The van der Waals surface area contributed by atoms with Gasteiger partial charge in [0, 0.05) is 12.8 Å². The second-order valence-corrected chi connectivity index (χ2v) is 7.11. The minimum Gasteiger partial charge on any atom is -0.441 e. The summed E-state index contributed by atoms with van der Waals surface area (Å²) >= 11 is 0. The van der Waals surface area contributed by atoms with E-state index in [4.69, 9.17) is 4.42 Å². The summed E-state index contributed by atoms with van der Waals surface area (Å²) < 4.78 is 33.2. The zero-order valence-corrected chi connectivity index (χ0v) is 16.4. The van der Waals surface area contributed by atoms with E-state index in [-0.39, 0.29) is 42.0 Å². The summed E-state index contributed by atoms with van der Waals surface area (Å²) in [6, 6.07) is 17.6. The molecule has 4 aromatic rings. The van der Waals surface area contributed by atoms with E-state index in [0.717, 1.165) is 28.5 Å². The molecule has 4 nitrogen and oxygen atoms in total. The van der Waals surface area contributed by atoms with Crippen molar-refractivity contribution in [2.45, 2.75) is 25.8 Å². The summed E-state index contributed by atoms with van der Waals surface area (Å²) in [4.78, 5) is 16.4. The Balaban J connectivity index is 1.37. The van der Waals surface area contributed by atoms with Crippen LogP contribution in [0.4, 0.5) is 8.78 Å². The summed E-state index contributed by atoms with van der Waals surface area (Å²) in [7, 11) is 0. The lowest BCUT2D eigenvalue weighted by Gasteiger charge is -2.15. The SMILES string of the molecule is C[C@@H](NC(=O)CCc1ncc(-c2c(F)cccc2F)o1)c1ccc2ccccc2c1. The summed E-state index contributed by atoms with van der Waals surface area (Å²) in [6.07, 6.45) is 1.65. The Hall–Kier alpha value is -3.54. The molecule has 0 aliphatic carbocycles. The van der Waals surface area contributed by atoms with Gasteiger partial charge in [-0.15, -0.1) is 0 Å². The highest BCUT2D eigenvalue weighted by atomic mass is 19.1. The molecular weight excluding hydrogens is 386 g/mol. The van der Waals surface area contributed by atoms with Crippen LogP contribution in [0.1, 0.15) is 30.8 Å². The molecule has 0 spiro atoms. The summed E-state index contributed by atoms with van der Waals surface area (Å²) in [6.45, 7) is 1.92. The predicted molar refractivity (Wildman–Crippen MR) is 111 cm³/mol. The van der Waals surface area contributed by atoms with Crippen LogP contribution in [-0.4, -0.2) is 10.9 Å². The molecule has 0 radical (unpaired) electrons. The third-order valence-corrected chi connectivity index (χ3v) is 4.98. The number of halogens is 2. The van der Waals surface area contributed by atoms with Gasteiger partial charge >= 0.3 is 0 Å². The zero-order chi connectivity index (χ0) is 21.1. The van der Waals surface area contributed by atoms with Crippen LogP contribution >= 0.6 is 0 Å². The fourth-order valence-corrected chi connectivity index (χ4v) is 3.37. The Morgan fingerprint density at radius 3 is 2.53 bits per heavy atom. The Kier molecular flexibility index (Phi) is 5.57. The maximum absolute atomic E-state index is 13.9. The molecule has 0 bridgehead atoms. The van der Waals surface area contributed by atoms with E-state index < -0.39 is 11.6 Å². The fourth-order valence-electron chi connectivity index (χ4n) is 3.37. The van der Waals surface area contributed by atoms with Gasteiger partial charge in [-0.3, -0.25) is 4.79 Å². The van der Waals surface area contributed by atoms with Gasteiger partial charge in [0.25, 0.3) is 0 Å². The molecule has 1 atom stereocenters. The van der Waals surface area contributed by atoms with Crippen LogP contribution < -0.4 is 5.32 Å². The summed E-state index contributed by atoms with van der Waals surface area (Å²) in [5.74, 6) is -1.35. The van der Waals surface area contributed by atoms with Gasteiger partial charge < -0.3 is 9.73 Å². The second-order valence-electron chi connectivity index (χ2n) is 7.11. The lowest BCUT2D eigenvalue weighted by molar-refractivity contribution is -0.121. The number of oxazole rings is 1. The number of carbonyl (C=O) groups is 1. The van der Waals surface area contributed by atoms with E-state index in [1.165, 1.54) is 12.3 Å². The van der Waals surface area contributed by atoms with E-state index in [9.17, 15) is 13.6 Å². The molecule has 1 heterocycles. The molecule has 1 N–H and O–H groups in total. The molecule has 0 fully saturated rings. The Morgan fingerprint density at radius 1 is 1.03 bits per heavy atom. The molecule has 1 aromatic heterocycles. The van der Waals surface area contributed by atoms with E-state index >= 15 is 0 Å². The largest absolute Gasteiger partial charge is 0.441 e. The molecule has 0 aliphatic heterocycles. The van der Waals surface area contributed by atoms with E-state index in [1.807, 2.05) is 43.3 Å². The molecule has 30 heavy (non-hydrogen) atoms. The van der Waals surface area contributed by atoms with Gasteiger partial charge in [-0.25, -0.2) is 13.8 Å². The van der Waals surface area contributed by atoms with Crippen LogP contribution in [-0.2, 0) is 11.2 Å². The first-order valence-electron chi connectivity index (χ1n) is 9.68. The maximum Gasteiger partial charge on any atom is 0.220 e. The monoisotopic (exact) mass is 406 g/mol. The Labute approximate surface area is 172 Å². The summed E-state index contributed by atoms with van der Waals surface area (Å²) in [5, 5.41) is 5.22. The molecule has 4 rings (SSSR count). The molecule has 6 heteroatoms. The van der Waals surface area contributed by atoms with Crippen molar-refractivity contribution in [3.05, 3.63) is 89.9 Å². The fraction of sp³-hybridized carbons (Fsp3) is 0.167. The lowest BCUT2D eigenvalue weighted by Crippen LogP contribution is -2.26. The molecule has 152 valence electrons. The highest BCUT2D eigenvalue weighted by Crippen LogP contribution is 2.27. The van der Waals surface area contributed by atoms with Gasteiger partial charge in [-0.1, -0.05) is 42.5 Å². The number of hydrogen-bond donors (Lipinski definition) is 1. The molecule has 3 aromatic carbocycles. The third-order valence-electron chi connectivity index (χ3n) is 4.98.